The predicted octanol–water partition coefficient (Wildman–Crippen LogP) is -3.02. The molecule has 4 aromatic carbocycles. The van der Waals surface area contributed by atoms with Gasteiger partial charge in [0, 0.05) is 64.1 Å². The number of anilines is 1. The van der Waals surface area contributed by atoms with Crippen LogP contribution in [0.4, 0.5) is 5.69 Å². The number of para-hydroxylation sites is 1. The zero-order valence-electron chi connectivity index (χ0n) is 24.2. The van der Waals surface area contributed by atoms with Gasteiger partial charge in [0.1, 0.15) is 0 Å². The number of nitrogens with zero attached hydrogens (tertiary/aromatic N) is 3. The van der Waals surface area contributed by atoms with E-state index in [0.717, 1.165) is 54.0 Å². The van der Waals surface area contributed by atoms with E-state index in [1.807, 2.05) is 13.1 Å². The van der Waals surface area contributed by atoms with Crippen LogP contribution >= 0.6 is 31.9 Å². The number of hydrogen-bond donors (Lipinski definition) is 0. The normalized spacial score (nSPS) is 9.73. The molecule has 228 valence electrons. The number of halogens is 6. The Balaban J connectivity index is 0.00000387. The third-order valence-corrected chi connectivity index (χ3v) is 7.82. The first-order valence-electron chi connectivity index (χ1n) is 13.1. The molecule has 0 bridgehead atoms. The van der Waals surface area contributed by atoms with E-state index in [9.17, 15) is 0 Å². The first-order valence-corrected chi connectivity index (χ1v) is 14.6. The van der Waals surface area contributed by atoms with Crippen molar-refractivity contribution in [3.05, 3.63) is 135 Å². The summed E-state index contributed by atoms with van der Waals surface area (Å²) in [5.74, 6) is 0. The second kappa shape index (κ2) is 19.2. The Morgan fingerprint density at radius 2 is 1.24 bits per heavy atom. The van der Waals surface area contributed by atoms with Gasteiger partial charge in [0.15, 0.2) is 0 Å². The topological polar surface area (TPSA) is 30.9 Å². The summed E-state index contributed by atoms with van der Waals surface area (Å²) in [6.07, 6.45) is 4.85. The van der Waals surface area contributed by atoms with Crippen LogP contribution in [0.5, 0.6) is 0 Å². The van der Waals surface area contributed by atoms with Crippen LogP contribution < -0.4 is 28.3 Å². The standard InChI is InChI=1S/C35H28Br2N3.B.4FH/c1-39(23-5-22-38)32-19-8-26(9-20-32)10-21-34-24-29(27-11-15-30(36)16-12-27)25-35(28-13-17-31(37)18-14-28)40(34)33-6-3-2-4-7-33;;;;;/h2-4,6-21,24-25H,5,23H2,1H3;;4*1H/q+1;+3;;;;/p-4. The summed E-state index contributed by atoms with van der Waals surface area (Å²) in [6.45, 7) is 0.713. The average molecular weight is 737 g/mol. The van der Waals surface area contributed by atoms with Gasteiger partial charge in [0.05, 0.1) is 12.5 Å². The zero-order chi connectivity index (χ0) is 27.9. The maximum atomic E-state index is 8.91. The molecular formula is C35H28BBr2F4N3. The number of benzene rings is 4. The third kappa shape index (κ3) is 10.2. The van der Waals surface area contributed by atoms with E-state index in [1.54, 1.807) is 0 Å². The van der Waals surface area contributed by atoms with Crippen LogP contribution in [0.2, 0.25) is 0 Å². The van der Waals surface area contributed by atoms with Crippen molar-refractivity contribution in [3.63, 3.8) is 0 Å². The fourth-order valence-electron chi connectivity index (χ4n) is 4.61. The van der Waals surface area contributed by atoms with E-state index in [2.05, 4.69) is 169 Å². The minimum Gasteiger partial charge on any atom is -1.00 e. The zero-order valence-corrected chi connectivity index (χ0v) is 27.4. The Kier molecular flexibility index (Phi) is 17.5. The van der Waals surface area contributed by atoms with Gasteiger partial charge < -0.3 is 23.7 Å². The van der Waals surface area contributed by atoms with Crippen molar-refractivity contribution in [1.29, 1.82) is 5.26 Å². The summed E-state index contributed by atoms with van der Waals surface area (Å²) in [6, 6.07) is 42.6. The molecule has 1 heterocycles. The van der Waals surface area contributed by atoms with E-state index >= 15 is 0 Å². The molecule has 0 aliphatic heterocycles. The minimum atomic E-state index is 0. The van der Waals surface area contributed by atoms with Gasteiger partial charge in [-0.25, -0.2) is 0 Å². The van der Waals surface area contributed by atoms with E-state index in [-0.39, 0.29) is 27.2 Å². The molecule has 0 atom stereocenters. The first-order chi connectivity index (χ1) is 19.5. The quantitative estimate of drug-likeness (QED) is 0.0967. The van der Waals surface area contributed by atoms with Crippen LogP contribution in [0.25, 0.3) is 40.2 Å². The van der Waals surface area contributed by atoms with Crippen molar-refractivity contribution in [3.8, 4) is 34.1 Å². The Labute approximate surface area is 280 Å². The molecule has 0 amide bonds. The molecule has 0 saturated heterocycles. The number of rotatable bonds is 8. The number of nitriles is 1. The summed E-state index contributed by atoms with van der Waals surface area (Å²) in [5.41, 5.74) is 8.90. The number of aromatic nitrogens is 1. The SMILES string of the molecule is CN(CCC#N)c1ccc(/C=C/c2cc(-c3ccc(Br)cc3)cc(-c3ccc(Br)cc3)[n+]2-c2ccccc2)cc1.[B+3].[F-].[F-].[F-].[F-]. The van der Waals surface area contributed by atoms with E-state index in [1.165, 1.54) is 0 Å². The molecule has 0 aliphatic rings. The fraction of sp³-hybridized carbons (Fsp3) is 0.0857. The summed E-state index contributed by atoms with van der Waals surface area (Å²) < 4.78 is 4.42. The molecule has 1 aromatic heterocycles. The predicted molar refractivity (Wildman–Crippen MR) is 179 cm³/mol. The van der Waals surface area contributed by atoms with Crippen LogP contribution in [0.1, 0.15) is 17.7 Å². The van der Waals surface area contributed by atoms with Crippen molar-refractivity contribution in [1.82, 2.24) is 0 Å². The van der Waals surface area contributed by atoms with E-state index < -0.39 is 0 Å². The van der Waals surface area contributed by atoms with Crippen molar-refractivity contribution >= 4 is 58.1 Å². The van der Waals surface area contributed by atoms with Crippen molar-refractivity contribution in [2.75, 3.05) is 18.5 Å². The molecule has 0 fully saturated rings. The molecule has 3 nitrogen and oxygen atoms in total. The van der Waals surface area contributed by atoms with Crippen molar-refractivity contribution in [2.24, 2.45) is 0 Å². The monoisotopic (exact) mass is 735 g/mol. The smallest absolute Gasteiger partial charge is 1.00 e. The molecule has 0 unspecified atom stereocenters. The van der Waals surface area contributed by atoms with Gasteiger partial charge in [-0.1, -0.05) is 74.3 Å². The summed E-state index contributed by atoms with van der Waals surface area (Å²) in [4.78, 5) is 2.10. The second-order valence-corrected chi connectivity index (χ2v) is 11.3. The maximum absolute atomic E-state index is 8.91. The largest absolute Gasteiger partial charge is 3.00 e. The molecule has 0 spiro atoms. The van der Waals surface area contributed by atoms with Gasteiger partial charge in [-0.2, -0.15) is 9.83 Å². The molecule has 10 heteroatoms. The Hall–Kier alpha value is -4.20. The van der Waals surface area contributed by atoms with Gasteiger partial charge in [-0.05, 0) is 71.3 Å². The van der Waals surface area contributed by atoms with Crippen LogP contribution in [0.15, 0.2) is 124 Å². The van der Waals surface area contributed by atoms with Gasteiger partial charge in [0.25, 0.3) is 0 Å². The molecule has 5 aromatic rings. The number of pyridine rings is 1. The minimum absolute atomic E-state index is 0. The van der Waals surface area contributed by atoms with E-state index in [4.69, 9.17) is 5.26 Å². The molecule has 0 aliphatic carbocycles. The van der Waals surface area contributed by atoms with Gasteiger partial charge in [-0.3, -0.25) is 0 Å². The van der Waals surface area contributed by atoms with Crippen LogP contribution in [-0.2, 0) is 0 Å². The molecule has 5 rings (SSSR count). The molecule has 45 heavy (non-hydrogen) atoms. The van der Waals surface area contributed by atoms with Gasteiger partial charge in [0.2, 0.25) is 17.1 Å². The Bertz CT molecular complexity index is 1680. The van der Waals surface area contributed by atoms with E-state index in [0.29, 0.717) is 13.0 Å². The van der Waals surface area contributed by atoms with Crippen LogP contribution in [-0.4, -0.2) is 22.0 Å². The molecule has 0 saturated carbocycles. The number of hydrogen-bond acceptors (Lipinski definition) is 2. The van der Waals surface area contributed by atoms with Crippen LogP contribution in [0, 0.1) is 11.3 Å². The Morgan fingerprint density at radius 3 is 1.80 bits per heavy atom. The first kappa shape index (κ1) is 40.8. The van der Waals surface area contributed by atoms with Crippen molar-refractivity contribution < 1.29 is 23.4 Å². The Morgan fingerprint density at radius 1 is 0.689 bits per heavy atom. The second-order valence-electron chi connectivity index (χ2n) is 9.49. The molecule has 0 radical (unpaired) electrons. The van der Waals surface area contributed by atoms with Crippen molar-refractivity contribution in [2.45, 2.75) is 6.42 Å². The maximum Gasteiger partial charge on any atom is 3.00 e. The van der Waals surface area contributed by atoms with Gasteiger partial charge >= 0.3 is 8.41 Å². The van der Waals surface area contributed by atoms with Gasteiger partial charge in [-0.15, -0.1) is 0 Å². The summed E-state index contributed by atoms with van der Waals surface area (Å²) in [5, 5.41) is 8.91. The molecule has 0 N–H and O–H groups in total. The fourth-order valence-corrected chi connectivity index (χ4v) is 5.14. The third-order valence-electron chi connectivity index (χ3n) is 6.77. The molecular weight excluding hydrogens is 709 g/mol. The van der Waals surface area contributed by atoms with Crippen LogP contribution in [0.3, 0.4) is 0 Å². The average Bonchev–Trinajstić information content (AvgIpc) is 3.00. The summed E-state index contributed by atoms with van der Waals surface area (Å²) in [7, 11) is 2.02. The summed E-state index contributed by atoms with van der Waals surface area (Å²) >= 11 is 7.16.